The zero-order valence-electron chi connectivity index (χ0n) is 16.5. The van der Waals surface area contributed by atoms with Gasteiger partial charge in [-0.25, -0.2) is 0 Å². The summed E-state index contributed by atoms with van der Waals surface area (Å²) < 4.78 is 0. The van der Waals surface area contributed by atoms with Crippen molar-refractivity contribution in [3.8, 4) is 0 Å². The fraction of sp³-hybridized carbons (Fsp3) is 1.00. The number of rotatable bonds is 15. The molecule has 0 heterocycles. The second-order valence-electron chi connectivity index (χ2n) is 7.86. The van der Waals surface area contributed by atoms with E-state index in [0.717, 1.165) is 6.04 Å². The van der Waals surface area contributed by atoms with E-state index in [1.54, 1.807) is 0 Å². The van der Waals surface area contributed by atoms with Crippen molar-refractivity contribution in [2.45, 2.75) is 129 Å². The highest BCUT2D eigenvalue weighted by Crippen LogP contribution is 2.23. The Balaban J connectivity index is 2.17. The Morgan fingerprint density at radius 2 is 1.00 bits per heavy atom. The van der Waals surface area contributed by atoms with Crippen LogP contribution < -0.4 is 0 Å². The van der Waals surface area contributed by atoms with Gasteiger partial charge in [-0.3, -0.25) is 0 Å². The van der Waals surface area contributed by atoms with Gasteiger partial charge in [0.05, 0.1) is 0 Å². The molecule has 0 spiro atoms. The maximum absolute atomic E-state index is 2.89. The number of hydrogen-bond donors (Lipinski definition) is 0. The van der Waals surface area contributed by atoms with Gasteiger partial charge in [0.25, 0.3) is 0 Å². The van der Waals surface area contributed by atoms with Gasteiger partial charge in [-0.2, -0.15) is 0 Å². The average molecular weight is 324 g/mol. The lowest BCUT2D eigenvalue weighted by molar-refractivity contribution is 0.150. The molecule has 1 nitrogen and oxygen atoms in total. The van der Waals surface area contributed by atoms with E-state index in [9.17, 15) is 0 Å². The second kappa shape index (κ2) is 15.5. The van der Waals surface area contributed by atoms with Crippen LogP contribution in [0.3, 0.4) is 0 Å². The Hall–Kier alpha value is -0.0400. The van der Waals surface area contributed by atoms with Gasteiger partial charge in [0.2, 0.25) is 0 Å². The van der Waals surface area contributed by atoms with Crippen LogP contribution in [0.15, 0.2) is 0 Å². The second-order valence-corrected chi connectivity index (χ2v) is 7.86. The van der Waals surface area contributed by atoms with E-state index in [1.165, 1.54) is 122 Å². The number of nitrogens with zero attached hydrogens (tertiary/aromatic N) is 1. The minimum absolute atomic E-state index is 0.926. The van der Waals surface area contributed by atoms with Gasteiger partial charge in [-0.05, 0) is 38.8 Å². The Morgan fingerprint density at radius 1 is 0.565 bits per heavy atom. The molecule has 0 amide bonds. The van der Waals surface area contributed by atoms with Crippen LogP contribution in [0.25, 0.3) is 0 Å². The summed E-state index contributed by atoms with van der Waals surface area (Å²) in [6, 6.07) is 0.926. The maximum atomic E-state index is 2.89. The van der Waals surface area contributed by atoms with E-state index in [0.29, 0.717) is 0 Å². The van der Waals surface area contributed by atoms with Gasteiger partial charge in [-0.1, -0.05) is 97.3 Å². The van der Waals surface area contributed by atoms with E-state index in [4.69, 9.17) is 0 Å². The first-order chi connectivity index (χ1) is 11.4. The zero-order chi connectivity index (χ0) is 16.6. The maximum Gasteiger partial charge on any atom is 0.00952 e. The molecule has 0 atom stereocenters. The highest BCUT2D eigenvalue weighted by atomic mass is 15.1. The molecule has 0 bridgehead atoms. The van der Waals surface area contributed by atoms with Crippen molar-refractivity contribution in [2.75, 3.05) is 13.1 Å². The predicted octanol–water partition coefficient (Wildman–Crippen LogP) is 7.34. The molecule has 1 rings (SSSR count). The molecule has 0 aliphatic heterocycles. The third-order valence-electron chi connectivity index (χ3n) is 5.69. The van der Waals surface area contributed by atoms with Gasteiger partial charge >= 0.3 is 0 Å². The lowest BCUT2D eigenvalue weighted by atomic mass is 9.93. The quantitative estimate of drug-likeness (QED) is 0.285. The molecule has 0 aromatic rings. The van der Waals surface area contributed by atoms with Crippen molar-refractivity contribution in [2.24, 2.45) is 0 Å². The van der Waals surface area contributed by atoms with E-state index in [1.807, 2.05) is 0 Å². The third-order valence-corrected chi connectivity index (χ3v) is 5.69. The molecule has 1 heteroatoms. The first-order valence-electron chi connectivity index (χ1n) is 11.1. The predicted molar refractivity (Wildman–Crippen MR) is 105 cm³/mol. The standard InChI is InChI=1S/C22H45N/c1-3-5-7-9-11-16-20-23(22-18-14-13-15-19-22)21-17-12-10-8-6-4-2/h22H,3-21H2,1-2H3. The van der Waals surface area contributed by atoms with E-state index in [2.05, 4.69) is 18.7 Å². The van der Waals surface area contributed by atoms with Crippen LogP contribution >= 0.6 is 0 Å². The molecule has 0 saturated heterocycles. The first-order valence-corrected chi connectivity index (χ1v) is 11.1. The van der Waals surface area contributed by atoms with Crippen molar-refractivity contribution in [3.63, 3.8) is 0 Å². The van der Waals surface area contributed by atoms with Crippen LogP contribution in [0.4, 0.5) is 0 Å². The lowest BCUT2D eigenvalue weighted by Gasteiger charge is -2.34. The van der Waals surface area contributed by atoms with Crippen molar-refractivity contribution in [3.05, 3.63) is 0 Å². The van der Waals surface area contributed by atoms with Crippen molar-refractivity contribution in [1.29, 1.82) is 0 Å². The molecule has 1 aliphatic carbocycles. The van der Waals surface area contributed by atoms with Crippen LogP contribution in [-0.2, 0) is 0 Å². The van der Waals surface area contributed by atoms with E-state index < -0.39 is 0 Å². The van der Waals surface area contributed by atoms with Crippen LogP contribution in [0, 0.1) is 0 Å². The van der Waals surface area contributed by atoms with Gasteiger partial charge in [0.1, 0.15) is 0 Å². The Labute approximate surface area is 147 Å². The Kier molecular flexibility index (Phi) is 14.1. The van der Waals surface area contributed by atoms with Crippen LogP contribution in [0.5, 0.6) is 0 Å². The largest absolute Gasteiger partial charge is 0.300 e. The minimum Gasteiger partial charge on any atom is -0.300 e. The molecule has 0 aromatic carbocycles. The summed E-state index contributed by atoms with van der Waals surface area (Å²) in [7, 11) is 0. The van der Waals surface area contributed by atoms with E-state index in [-0.39, 0.29) is 0 Å². The summed E-state index contributed by atoms with van der Waals surface area (Å²) in [4.78, 5) is 2.89. The van der Waals surface area contributed by atoms with E-state index >= 15 is 0 Å². The summed E-state index contributed by atoms with van der Waals surface area (Å²) in [6.07, 6.45) is 24.6. The van der Waals surface area contributed by atoms with Crippen molar-refractivity contribution >= 4 is 0 Å². The van der Waals surface area contributed by atoms with Gasteiger partial charge < -0.3 is 4.90 Å². The van der Waals surface area contributed by atoms with Crippen LogP contribution in [0.2, 0.25) is 0 Å². The zero-order valence-corrected chi connectivity index (χ0v) is 16.5. The fourth-order valence-electron chi connectivity index (χ4n) is 4.11. The summed E-state index contributed by atoms with van der Waals surface area (Å²) in [6.45, 7) is 7.38. The summed E-state index contributed by atoms with van der Waals surface area (Å²) in [5.74, 6) is 0. The molecule has 0 unspecified atom stereocenters. The van der Waals surface area contributed by atoms with Gasteiger partial charge in [0, 0.05) is 6.04 Å². The molecule has 1 saturated carbocycles. The normalized spacial score (nSPS) is 16.3. The van der Waals surface area contributed by atoms with Gasteiger partial charge in [-0.15, -0.1) is 0 Å². The topological polar surface area (TPSA) is 3.24 Å². The highest BCUT2D eigenvalue weighted by Gasteiger charge is 2.20. The monoisotopic (exact) mass is 323 g/mol. The molecule has 1 fully saturated rings. The SMILES string of the molecule is CCCCCCCCN(CCCCCCCC)C1CCCCC1. The average Bonchev–Trinajstić information content (AvgIpc) is 2.60. The molecule has 0 radical (unpaired) electrons. The Bertz CT molecular complexity index is 216. The molecule has 0 N–H and O–H groups in total. The highest BCUT2D eigenvalue weighted by molar-refractivity contribution is 4.76. The lowest BCUT2D eigenvalue weighted by Crippen LogP contribution is -2.38. The summed E-state index contributed by atoms with van der Waals surface area (Å²) >= 11 is 0. The first kappa shape index (κ1) is 21.0. The molecule has 0 aromatic heterocycles. The Morgan fingerprint density at radius 3 is 1.48 bits per heavy atom. The fourth-order valence-corrected chi connectivity index (χ4v) is 4.11. The number of unbranched alkanes of at least 4 members (excludes halogenated alkanes) is 10. The van der Waals surface area contributed by atoms with Crippen molar-refractivity contribution in [1.82, 2.24) is 4.90 Å². The van der Waals surface area contributed by atoms with Crippen molar-refractivity contribution < 1.29 is 0 Å². The third kappa shape index (κ3) is 11.2. The number of hydrogen-bond acceptors (Lipinski definition) is 1. The molecular weight excluding hydrogens is 278 g/mol. The molecule has 23 heavy (non-hydrogen) atoms. The molecular formula is C22H45N. The molecule has 138 valence electrons. The van der Waals surface area contributed by atoms with Crippen LogP contribution in [-0.4, -0.2) is 24.0 Å². The smallest absolute Gasteiger partial charge is 0.00952 e. The summed E-state index contributed by atoms with van der Waals surface area (Å²) in [5.41, 5.74) is 0. The van der Waals surface area contributed by atoms with Crippen LogP contribution in [0.1, 0.15) is 123 Å². The van der Waals surface area contributed by atoms with Gasteiger partial charge in [0.15, 0.2) is 0 Å². The summed E-state index contributed by atoms with van der Waals surface area (Å²) in [5, 5.41) is 0. The minimum atomic E-state index is 0.926. The molecule has 1 aliphatic rings.